The van der Waals surface area contributed by atoms with Crippen molar-refractivity contribution < 1.29 is 4.42 Å². The topological polar surface area (TPSA) is 25.5 Å². The van der Waals surface area contributed by atoms with Crippen LogP contribution < -0.4 is 0 Å². The molecule has 1 fully saturated rings. The van der Waals surface area contributed by atoms with E-state index in [4.69, 9.17) is 9.41 Å². The van der Waals surface area contributed by atoms with Crippen molar-refractivity contribution in [2.75, 3.05) is 0 Å². The highest BCUT2D eigenvalue weighted by Crippen LogP contribution is 2.50. The molecule has 2 heteroatoms. The maximum atomic E-state index is 6.28. The van der Waals surface area contributed by atoms with Gasteiger partial charge in [0.2, 0.25) is 0 Å². The van der Waals surface area contributed by atoms with Gasteiger partial charge in [0.05, 0.1) is 11.3 Å². The Labute approximate surface area is 206 Å². The van der Waals surface area contributed by atoms with E-state index in [0.29, 0.717) is 0 Å². The van der Waals surface area contributed by atoms with Crippen LogP contribution in [0.5, 0.6) is 0 Å². The summed E-state index contributed by atoms with van der Waals surface area (Å²) in [4.78, 5) is 5.58. The fraction of sp³-hybridized carbons (Fsp3) is 0.182. The van der Waals surface area contributed by atoms with Gasteiger partial charge in [-0.25, -0.2) is 0 Å². The van der Waals surface area contributed by atoms with E-state index in [1.807, 2.05) is 0 Å². The molecule has 6 rings (SSSR count). The van der Waals surface area contributed by atoms with Crippen LogP contribution in [0.15, 0.2) is 112 Å². The molecule has 4 aromatic carbocycles. The Hall–Kier alpha value is -3.91. The quantitative estimate of drug-likeness (QED) is 0.243. The predicted octanol–water partition coefficient (Wildman–Crippen LogP) is 8.87. The molecule has 1 aromatic heterocycles. The first kappa shape index (κ1) is 21.6. The first-order valence-electron chi connectivity index (χ1n) is 12.4. The number of aryl methyl sites for hydroxylation is 1. The van der Waals surface area contributed by atoms with Gasteiger partial charge in [-0.3, -0.25) is 4.99 Å². The molecule has 0 amide bonds. The second kappa shape index (κ2) is 8.39. The minimum absolute atomic E-state index is 0.160. The Kier molecular flexibility index (Phi) is 5.18. The van der Waals surface area contributed by atoms with E-state index in [-0.39, 0.29) is 5.54 Å². The van der Waals surface area contributed by atoms with E-state index in [0.717, 1.165) is 46.1 Å². The Morgan fingerprint density at radius 2 is 1.49 bits per heavy atom. The van der Waals surface area contributed by atoms with E-state index in [2.05, 4.69) is 118 Å². The summed E-state index contributed by atoms with van der Waals surface area (Å²) in [6.45, 7) is 6.56. The minimum atomic E-state index is -0.160. The van der Waals surface area contributed by atoms with Crippen molar-refractivity contribution in [2.24, 2.45) is 4.99 Å². The van der Waals surface area contributed by atoms with E-state index >= 15 is 0 Å². The average molecular weight is 456 g/mol. The zero-order valence-electron chi connectivity index (χ0n) is 20.5. The molecule has 0 N–H and O–H groups in total. The second-order valence-electron chi connectivity index (χ2n) is 9.75. The summed E-state index contributed by atoms with van der Waals surface area (Å²) >= 11 is 0. The smallest absolute Gasteiger partial charge is 0.136 e. The van der Waals surface area contributed by atoms with Crippen molar-refractivity contribution in [2.45, 2.75) is 39.2 Å². The lowest BCUT2D eigenvalue weighted by molar-refractivity contribution is 0.669. The van der Waals surface area contributed by atoms with Gasteiger partial charge in [0.25, 0.3) is 0 Å². The van der Waals surface area contributed by atoms with Crippen molar-refractivity contribution in [1.82, 2.24) is 0 Å². The van der Waals surface area contributed by atoms with E-state index in [9.17, 15) is 0 Å². The number of rotatable bonds is 5. The van der Waals surface area contributed by atoms with Gasteiger partial charge in [0.1, 0.15) is 11.2 Å². The molecule has 1 saturated carbocycles. The summed E-state index contributed by atoms with van der Waals surface area (Å²) in [6.07, 6.45) is 2.14. The van der Waals surface area contributed by atoms with Crippen molar-refractivity contribution in [3.63, 3.8) is 0 Å². The molecule has 0 saturated heterocycles. The van der Waals surface area contributed by atoms with Crippen molar-refractivity contribution in [3.05, 3.63) is 125 Å². The van der Waals surface area contributed by atoms with Gasteiger partial charge < -0.3 is 4.42 Å². The third-order valence-corrected chi connectivity index (χ3v) is 7.39. The summed E-state index contributed by atoms with van der Waals surface area (Å²) in [5, 5.41) is 2.30. The van der Waals surface area contributed by atoms with Gasteiger partial charge >= 0.3 is 0 Å². The van der Waals surface area contributed by atoms with Gasteiger partial charge in [0, 0.05) is 16.3 Å². The molecule has 0 spiro atoms. The normalized spacial score (nSPS) is 15.9. The Morgan fingerprint density at radius 1 is 0.771 bits per heavy atom. The third-order valence-electron chi connectivity index (χ3n) is 7.39. The predicted molar refractivity (Wildman–Crippen MR) is 147 cm³/mol. The van der Waals surface area contributed by atoms with Gasteiger partial charge in [-0.1, -0.05) is 84.4 Å². The number of aliphatic imine (C=N–C) groups is 1. The number of nitrogens with zero attached hydrogens (tertiary/aromatic N) is 1. The van der Waals surface area contributed by atoms with Crippen LogP contribution in [0, 0.1) is 6.92 Å². The Morgan fingerprint density at radius 3 is 2.20 bits per heavy atom. The van der Waals surface area contributed by atoms with Crippen LogP contribution in [-0.4, -0.2) is 5.71 Å². The molecule has 0 radical (unpaired) electrons. The number of furan rings is 1. The molecule has 0 bridgehead atoms. The SMILES string of the molecule is C/C(C(=NC1(c2ccccc2)CC1)c1cccc2oc3ccc(C)cc3c12)=C(/C)c1ccccc1. The first-order chi connectivity index (χ1) is 17.1. The first-order valence-corrected chi connectivity index (χ1v) is 12.4. The van der Waals surface area contributed by atoms with Crippen LogP contribution in [0.4, 0.5) is 0 Å². The molecule has 0 unspecified atom stereocenters. The lowest BCUT2D eigenvalue weighted by Gasteiger charge is -2.18. The highest BCUT2D eigenvalue weighted by molar-refractivity contribution is 6.25. The molecule has 1 heterocycles. The molecule has 1 aliphatic rings. The summed E-state index contributed by atoms with van der Waals surface area (Å²) in [6, 6.07) is 34.2. The van der Waals surface area contributed by atoms with Crippen LogP contribution >= 0.6 is 0 Å². The van der Waals surface area contributed by atoms with Crippen molar-refractivity contribution >= 4 is 33.2 Å². The maximum absolute atomic E-state index is 6.28. The number of fused-ring (bicyclic) bond motifs is 3. The van der Waals surface area contributed by atoms with E-state index in [1.54, 1.807) is 0 Å². The summed E-state index contributed by atoms with van der Waals surface area (Å²) in [7, 11) is 0. The Balaban J connectivity index is 1.64. The zero-order valence-corrected chi connectivity index (χ0v) is 20.5. The zero-order chi connectivity index (χ0) is 24.0. The lowest BCUT2D eigenvalue weighted by atomic mass is 9.92. The number of hydrogen-bond acceptors (Lipinski definition) is 2. The summed E-state index contributed by atoms with van der Waals surface area (Å²) < 4.78 is 6.28. The van der Waals surface area contributed by atoms with Gasteiger partial charge in [-0.15, -0.1) is 0 Å². The fourth-order valence-electron chi connectivity index (χ4n) is 5.11. The van der Waals surface area contributed by atoms with Gasteiger partial charge in [-0.05, 0) is 74.1 Å². The third kappa shape index (κ3) is 3.80. The fourth-order valence-corrected chi connectivity index (χ4v) is 5.11. The molecule has 0 atom stereocenters. The number of benzene rings is 4. The van der Waals surface area contributed by atoms with Crippen molar-refractivity contribution in [1.29, 1.82) is 0 Å². The van der Waals surface area contributed by atoms with Crippen LogP contribution in [-0.2, 0) is 5.54 Å². The monoisotopic (exact) mass is 455 g/mol. The second-order valence-corrected chi connectivity index (χ2v) is 9.75. The van der Waals surface area contributed by atoms with Gasteiger partial charge in [-0.2, -0.15) is 0 Å². The van der Waals surface area contributed by atoms with Crippen LogP contribution in [0.25, 0.3) is 27.5 Å². The highest BCUT2D eigenvalue weighted by atomic mass is 16.3. The Bertz CT molecular complexity index is 1600. The lowest BCUT2D eigenvalue weighted by Crippen LogP contribution is -2.12. The summed E-state index contributed by atoms with van der Waals surface area (Å²) in [5.74, 6) is 0. The molecular weight excluding hydrogens is 426 g/mol. The van der Waals surface area contributed by atoms with Crippen molar-refractivity contribution in [3.8, 4) is 0 Å². The molecule has 0 aliphatic heterocycles. The minimum Gasteiger partial charge on any atom is -0.456 e. The molecular formula is C33H29NO. The summed E-state index contributed by atoms with van der Waals surface area (Å²) in [5.41, 5.74) is 10.1. The molecule has 2 nitrogen and oxygen atoms in total. The highest BCUT2D eigenvalue weighted by Gasteiger charge is 2.44. The van der Waals surface area contributed by atoms with Crippen LogP contribution in [0.2, 0.25) is 0 Å². The van der Waals surface area contributed by atoms with Gasteiger partial charge in [0.15, 0.2) is 0 Å². The molecule has 1 aliphatic carbocycles. The molecule has 5 aromatic rings. The van der Waals surface area contributed by atoms with Crippen LogP contribution in [0.3, 0.4) is 0 Å². The number of hydrogen-bond donors (Lipinski definition) is 0. The van der Waals surface area contributed by atoms with E-state index in [1.165, 1.54) is 27.8 Å². The maximum Gasteiger partial charge on any atom is 0.136 e. The van der Waals surface area contributed by atoms with E-state index < -0.39 is 0 Å². The van der Waals surface area contributed by atoms with Crippen LogP contribution in [0.1, 0.15) is 48.9 Å². The number of allylic oxidation sites excluding steroid dienone is 2. The molecule has 172 valence electrons. The standard InChI is InChI=1S/C33H29NO/c1-22-17-18-29-28(21-22)31-27(15-10-16-30(31)35-29)32(24(3)23(2)25-11-6-4-7-12-25)34-33(19-20-33)26-13-8-5-9-14-26/h4-18,21H,19-20H2,1-3H3/b24-23+,34-32?. The molecule has 35 heavy (non-hydrogen) atoms. The largest absolute Gasteiger partial charge is 0.456 e. The average Bonchev–Trinajstić information content (AvgIpc) is 3.60.